The van der Waals surface area contributed by atoms with E-state index in [-0.39, 0.29) is 0 Å². The zero-order valence-electron chi connectivity index (χ0n) is 8.15. The summed E-state index contributed by atoms with van der Waals surface area (Å²) in [5.74, 6) is -0.671. The molecule has 5 nitrogen and oxygen atoms in total. The Bertz CT molecular complexity index is 226. The van der Waals surface area contributed by atoms with Crippen LogP contribution in [0.25, 0.3) is 0 Å². The van der Waals surface area contributed by atoms with E-state index in [1.54, 1.807) is 6.08 Å². The van der Waals surface area contributed by atoms with Crippen molar-refractivity contribution in [3.05, 3.63) is 12.7 Å². The molecule has 0 aromatic rings. The predicted octanol–water partition coefficient (Wildman–Crippen LogP) is 0.112. The molecule has 0 aromatic carbocycles. The van der Waals surface area contributed by atoms with Gasteiger partial charge in [0.15, 0.2) is 0 Å². The smallest absolute Gasteiger partial charge is 0.328 e. The highest BCUT2D eigenvalue weighted by molar-refractivity contribution is 5.85. The lowest BCUT2D eigenvalue weighted by atomic mass is 10.1. The third kappa shape index (κ3) is 5.31. The molecule has 0 fully saturated rings. The summed E-state index contributed by atoms with van der Waals surface area (Å²) in [7, 11) is 0. The Morgan fingerprint density at radius 2 is 2.29 bits per heavy atom. The summed E-state index contributed by atoms with van der Waals surface area (Å²) in [4.78, 5) is 14.6. The van der Waals surface area contributed by atoms with Crippen molar-refractivity contribution in [3.8, 4) is 0 Å². The predicted molar refractivity (Wildman–Crippen MR) is 56.1 cm³/mol. The fourth-order valence-electron chi connectivity index (χ4n) is 0.955. The molecule has 0 aliphatic rings. The van der Waals surface area contributed by atoms with Gasteiger partial charge >= 0.3 is 5.97 Å². The Morgan fingerprint density at radius 1 is 1.64 bits per heavy atom. The number of aliphatic imine (C=N–C) groups is 1. The van der Waals surface area contributed by atoms with E-state index in [4.69, 9.17) is 16.6 Å². The van der Waals surface area contributed by atoms with E-state index in [2.05, 4.69) is 11.6 Å². The van der Waals surface area contributed by atoms with Crippen LogP contribution in [0.2, 0.25) is 0 Å². The van der Waals surface area contributed by atoms with E-state index >= 15 is 0 Å². The molecule has 0 rings (SSSR count). The van der Waals surface area contributed by atoms with Crippen molar-refractivity contribution < 1.29 is 9.90 Å². The van der Waals surface area contributed by atoms with Crippen LogP contribution in [0.5, 0.6) is 0 Å². The zero-order chi connectivity index (χ0) is 11.0. The Morgan fingerprint density at radius 3 is 2.71 bits per heavy atom. The van der Waals surface area contributed by atoms with E-state index in [0.717, 1.165) is 0 Å². The largest absolute Gasteiger partial charge is 0.480 e. The molecule has 0 aromatic heterocycles. The monoisotopic (exact) mass is 199 g/mol. The molecule has 14 heavy (non-hydrogen) atoms. The van der Waals surface area contributed by atoms with Crippen LogP contribution in [0.1, 0.15) is 19.3 Å². The zero-order valence-corrected chi connectivity index (χ0v) is 8.15. The van der Waals surface area contributed by atoms with E-state index in [1.807, 2.05) is 0 Å². The SMILES string of the molecule is C=CCC(N)=N[C@@H](CCCN)C(=O)O. The van der Waals surface area contributed by atoms with Crippen LogP contribution in [-0.2, 0) is 4.79 Å². The van der Waals surface area contributed by atoms with Crippen LogP contribution < -0.4 is 11.5 Å². The molecule has 80 valence electrons. The number of carbonyl (C=O) groups is 1. The Kier molecular flexibility index (Phi) is 6.39. The van der Waals surface area contributed by atoms with Gasteiger partial charge in [0.05, 0.1) is 5.84 Å². The number of aliphatic carboxylic acids is 1. The number of carboxylic acids is 1. The van der Waals surface area contributed by atoms with E-state index < -0.39 is 12.0 Å². The highest BCUT2D eigenvalue weighted by Crippen LogP contribution is 2.02. The summed E-state index contributed by atoms with van der Waals surface area (Å²) in [6.45, 7) is 3.95. The fraction of sp³-hybridized carbons (Fsp3) is 0.556. The maximum absolute atomic E-state index is 10.7. The first-order valence-electron chi connectivity index (χ1n) is 4.47. The van der Waals surface area contributed by atoms with Gasteiger partial charge in [0.2, 0.25) is 0 Å². The van der Waals surface area contributed by atoms with Gasteiger partial charge in [-0.2, -0.15) is 0 Å². The van der Waals surface area contributed by atoms with Crippen molar-refractivity contribution >= 4 is 11.8 Å². The van der Waals surface area contributed by atoms with Crippen LogP contribution in [0, 0.1) is 0 Å². The highest BCUT2D eigenvalue weighted by Gasteiger charge is 2.15. The number of rotatable bonds is 7. The second-order valence-electron chi connectivity index (χ2n) is 2.90. The average molecular weight is 199 g/mol. The van der Waals surface area contributed by atoms with Gasteiger partial charge in [-0.3, -0.25) is 4.99 Å². The molecule has 0 aliphatic heterocycles. The molecule has 5 heteroatoms. The van der Waals surface area contributed by atoms with Crippen LogP contribution in [0.3, 0.4) is 0 Å². The third-order valence-corrected chi connectivity index (χ3v) is 1.64. The number of hydrogen-bond acceptors (Lipinski definition) is 3. The van der Waals surface area contributed by atoms with Crippen molar-refractivity contribution in [2.75, 3.05) is 6.54 Å². The first-order valence-corrected chi connectivity index (χ1v) is 4.47. The molecule has 1 atom stereocenters. The molecular formula is C9H17N3O2. The molecule has 0 amide bonds. The summed E-state index contributed by atoms with van der Waals surface area (Å²) < 4.78 is 0. The van der Waals surface area contributed by atoms with Gasteiger partial charge in [-0.05, 0) is 19.4 Å². The maximum Gasteiger partial charge on any atom is 0.328 e. The highest BCUT2D eigenvalue weighted by atomic mass is 16.4. The van der Waals surface area contributed by atoms with Crippen molar-refractivity contribution in [1.29, 1.82) is 0 Å². The van der Waals surface area contributed by atoms with E-state index in [1.165, 1.54) is 0 Å². The maximum atomic E-state index is 10.7. The van der Waals surface area contributed by atoms with Crippen LogP contribution in [0.4, 0.5) is 0 Å². The van der Waals surface area contributed by atoms with Crippen LogP contribution >= 0.6 is 0 Å². The lowest BCUT2D eigenvalue weighted by Gasteiger charge is -2.07. The number of nitrogens with two attached hydrogens (primary N) is 2. The molecule has 0 heterocycles. The number of hydrogen-bond donors (Lipinski definition) is 3. The molecular weight excluding hydrogens is 182 g/mol. The Balaban J connectivity index is 4.26. The quantitative estimate of drug-likeness (QED) is 0.307. The lowest BCUT2D eigenvalue weighted by Crippen LogP contribution is -2.23. The Labute approximate surface area is 83.5 Å². The van der Waals surface area contributed by atoms with Gasteiger partial charge in [-0.15, -0.1) is 6.58 Å². The second kappa shape index (κ2) is 7.08. The summed E-state index contributed by atoms with van der Waals surface area (Å²) >= 11 is 0. The number of carboxylic acid groups (broad SMARTS) is 1. The lowest BCUT2D eigenvalue weighted by molar-refractivity contribution is -0.138. The Hall–Kier alpha value is -1.36. The minimum Gasteiger partial charge on any atom is -0.480 e. The van der Waals surface area contributed by atoms with Gasteiger partial charge in [-0.25, -0.2) is 4.79 Å². The molecule has 0 radical (unpaired) electrons. The molecule has 0 saturated carbocycles. The molecule has 0 unspecified atom stereocenters. The van der Waals surface area contributed by atoms with E-state index in [0.29, 0.717) is 31.6 Å². The van der Waals surface area contributed by atoms with Gasteiger partial charge < -0.3 is 16.6 Å². The average Bonchev–Trinajstić information content (AvgIpc) is 2.12. The van der Waals surface area contributed by atoms with Gasteiger partial charge in [0.25, 0.3) is 0 Å². The van der Waals surface area contributed by atoms with Gasteiger partial charge in [0, 0.05) is 6.42 Å². The molecule has 0 saturated heterocycles. The summed E-state index contributed by atoms with van der Waals surface area (Å²) in [5.41, 5.74) is 10.8. The summed E-state index contributed by atoms with van der Waals surface area (Å²) in [6, 6.07) is -0.779. The van der Waals surface area contributed by atoms with Crippen LogP contribution in [-0.4, -0.2) is 29.5 Å². The summed E-state index contributed by atoms with van der Waals surface area (Å²) in [6.07, 6.45) is 3.04. The van der Waals surface area contributed by atoms with Gasteiger partial charge in [-0.1, -0.05) is 6.08 Å². The standard InChI is InChI=1S/C9H17N3O2/c1-2-4-8(11)12-7(9(13)14)5-3-6-10/h2,7H,1,3-6,10H2,(H2,11,12)(H,13,14)/t7-/m0/s1. The number of amidine groups is 1. The number of nitrogens with zero attached hydrogens (tertiary/aromatic N) is 1. The fourth-order valence-corrected chi connectivity index (χ4v) is 0.955. The van der Waals surface area contributed by atoms with E-state index in [9.17, 15) is 4.79 Å². The van der Waals surface area contributed by atoms with Crippen molar-refractivity contribution in [2.45, 2.75) is 25.3 Å². The van der Waals surface area contributed by atoms with Crippen molar-refractivity contribution in [3.63, 3.8) is 0 Å². The van der Waals surface area contributed by atoms with Crippen molar-refractivity contribution in [2.24, 2.45) is 16.5 Å². The first kappa shape index (κ1) is 12.6. The van der Waals surface area contributed by atoms with Crippen LogP contribution in [0.15, 0.2) is 17.6 Å². The molecule has 0 bridgehead atoms. The molecule has 0 aliphatic carbocycles. The second-order valence-corrected chi connectivity index (χ2v) is 2.90. The third-order valence-electron chi connectivity index (χ3n) is 1.64. The normalized spacial score (nSPS) is 13.6. The first-order chi connectivity index (χ1) is 6.61. The minimum absolute atomic E-state index is 0.296. The summed E-state index contributed by atoms with van der Waals surface area (Å²) in [5, 5.41) is 8.79. The molecule has 0 spiro atoms. The molecule has 5 N–H and O–H groups in total. The topological polar surface area (TPSA) is 102 Å². The van der Waals surface area contributed by atoms with Crippen molar-refractivity contribution in [1.82, 2.24) is 0 Å². The minimum atomic E-state index is -0.967. The van der Waals surface area contributed by atoms with Gasteiger partial charge in [0.1, 0.15) is 6.04 Å².